The van der Waals surface area contributed by atoms with Crippen LogP contribution in [0.3, 0.4) is 0 Å². The minimum atomic E-state index is -4.56. The van der Waals surface area contributed by atoms with Gasteiger partial charge in [0.1, 0.15) is 5.56 Å². The third-order valence-corrected chi connectivity index (χ3v) is 4.96. The summed E-state index contributed by atoms with van der Waals surface area (Å²) < 4.78 is 40.9. The molecule has 7 heteroatoms. The highest BCUT2D eigenvalue weighted by atomic mass is 19.4. The number of benzene rings is 2. The second-order valence-corrected chi connectivity index (χ2v) is 7.28. The average Bonchev–Trinajstić information content (AvgIpc) is 2.73. The molecule has 0 saturated heterocycles. The Morgan fingerprint density at radius 3 is 2.00 bits per heavy atom. The van der Waals surface area contributed by atoms with Gasteiger partial charge in [0.05, 0.1) is 0 Å². The average molecular weight is 414 g/mol. The second-order valence-electron chi connectivity index (χ2n) is 7.28. The molecule has 3 rings (SSSR count). The Hall–Kier alpha value is -3.09. The summed E-state index contributed by atoms with van der Waals surface area (Å²) >= 11 is 0. The molecule has 0 spiro atoms. The number of nitrogens with zero attached hydrogens (tertiary/aromatic N) is 4. The summed E-state index contributed by atoms with van der Waals surface area (Å²) in [6.07, 6.45) is -1.68. The smallest absolute Gasteiger partial charge is 0.329 e. The van der Waals surface area contributed by atoms with Gasteiger partial charge in [-0.25, -0.2) is 4.98 Å². The largest absolute Gasteiger partial charge is 0.421 e. The molecule has 30 heavy (non-hydrogen) atoms. The molecule has 0 bridgehead atoms. The fourth-order valence-corrected chi connectivity index (χ4v) is 3.16. The normalized spacial score (nSPS) is 11.4. The van der Waals surface area contributed by atoms with Crippen LogP contribution in [0.15, 0.2) is 54.7 Å². The Kier molecular flexibility index (Phi) is 6.29. The number of alkyl halides is 3. The van der Waals surface area contributed by atoms with Gasteiger partial charge in [0.25, 0.3) is 0 Å². The molecule has 1 heterocycles. The van der Waals surface area contributed by atoms with E-state index in [1.54, 1.807) is 31.1 Å². The van der Waals surface area contributed by atoms with Crippen LogP contribution in [-0.4, -0.2) is 24.1 Å². The predicted octanol–water partition coefficient (Wildman–Crippen LogP) is 6.29. The number of anilines is 4. The topological polar surface area (TPSA) is 32.3 Å². The van der Waals surface area contributed by atoms with Gasteiger partial charge in [-0.05, 0) is 43.2 Å². The summed E-state index contributed by atoms with van der Waals surface area (Å²) in [7, 11) is 3.32. The van der Waals surface area contributed by atoms with E-state index in [-0.39, 0.29) is 11.8 Å². The third kappa shape index (κ3) is 4.72. The van der Waals surface area contributed by atoms with Crippen LogP contribution in [0.4, 0.5) is 36.3 Å². The van der Waals surface area contributed by atoms with Crippen molar-refractivity contribution in [3.63, 3.8) is 0 Å². The van der Waals surface area contributed by atoms with E-state index in [0.717, 1.165) is 30.3 Å². The van der Waals surface area contributed by atoms with Crippen molar-refractivity contribution in [3.8, 4) is 0 Å². The molecule has 0 aliphatic heterocycles. The van der Waals surface area contributed by atoms with Gasteiger partial charge in [-0.1, -0.05) is 43.2 Å². The Morgan fingerprint density at radius 1 is 0.867 bits per heavy atom. The molecule has 0 radical (unpaired) electrons. The van der Waals surface area contributed by atoms with Crippen molar-refractivity contribution in [1.82, 2.24) is 9.97 Å². The Morgan fingerprint density at radius 2 is 1.43 bits per heavy atom. The van der Waals surface area contributed by atoms with E-state index < -0.39 is 11.7 Å². The fourth-order valence-electron chi connectivity index (χ4n) is 3.16. The predicted molar refractivity (Wildman–Crippen MR) is 115 cm³/mol. The van der Waals surface area contributed by atoms with Crippen molar-refractivity contribution in [2.75, 3.05) is 23.9 Å². The molecule has 158 valence electrons. The molecule has 4 nitrogen and oxygen atoms in total. The van der Waals surface area contributed by atoms with E-state index in [9.17, 15) is 13.2 Å². The summed E-state index contributed by atoms with van der Waals surface area (Å²) in [6.45, 7) is 4.04. The first-order chi connectivity index (χ1) is 14.2. The summed E-state index contributed by atoms with van der Waals surface area (Å²) in [5.74, 6) is 0.00556. The molecule has 3 aromatic rings. The SMILES string of the molecule is CCCc1ccc(N(C)c2ncc(C(F)(F)F)c(N(C)c3ccc(C)cc3)n2)cc1. The second kappa shape index (κ2) is 8.73. The van der Waals surface area contributed by atoms with Crippen LogP contribution in [0.2, 0.25) is 0 Å². The van der Waals surface area contributed by atoms with Crippen molar-refractivity contribution < 1.29 is 13.2 Å². The maximum atomic E-state index is 13.6. The van der Waals surface area contributed by atoms with Crippen LogP contribution < -0.4 is 9.80 Å². The lowest BCUT2D eigenvalue weighted by atomic mass is 10.1. The molecule has 0 N–H and O–H groups in total. The zero-order chi connectivity index (χ0) is 21.9. The number of aryl methyl sites for hydroxylation is 2. The lowest BCUT2D eigenvalue weighted by molar-refractivity contribution is -0.137. The number of aromatic nitrogens is 2. The van der Waals surface area contributed by atoms with E-state index in [2.05, 4.69) is 16.9 Å². The monoisotopic (exact) mass is 414 g/mol. The van der Waals surface area contributed by atoms with Crippen molar-refractivity contribution in [3.05, 3.63) is 71.4 Å². The quantitative estimate of drug-likeness (QED) is 0.474. The first kappa shape index (κ1) is 21.6. The molecule has 0 saturated carbocycles. The molecule has 0 fully saturated rings. The summed E-state index contributed by atoms with van der Waals surface area (Å²) in [6, 6.07) is 15.1. The number of rotatable bonds is 6. The third-order valence-electron chi connectivity index (χ3n) is 4.96. The van der Waals surface area contributed by atoms with Crippen LogP contribution >= 0.6 is 0 Å². The Labute approximate surface area is 175 Å². The van der Waals surface area contributed by atoms with Gasteiger partial charge in [-0.2, -0.15) is 18.2 Å². The molecule has 0 aliphatic rings. The van der Waals surface area contributed by atoms with Crippen molar-refractivity contribution in [2.24, 2.45) is 0 Å². The zero-order valence-electron chi connectivity index (χ0n) is 17.5. The summed E-state index contributed by atoms with van der Waals surface area (Å²) in [5.41, 5.74) is 2.78. The van der Waals surface area contributed by atoms with Gasteiger partial charge in [0.2, 0.25) is 5.95 Å². The van der Waals surface area contributed by atoms with E-state index in [1.807, 2.05) is 43.3 Å². The highest BCUT2D eigenvalue weighted by molar-refractivity contribution is 5.66. The van der Waals surface area contributed by atoms with Gasteiger partial charge >= 0.3 is 6.18 Å². The number of halogens is 3. The van der Waals surface area contributed by atoms with Crippen LogP contribution in [0.1, 0.15) is 30.0 Å². The van der Waals surface area contributed by atoms with Gasteiger partial charge in [0, 0.05) is 31.7 Å². The van der Waals surface area contributed by atoms with Crippen LogP contribution in [-0.2, 0) is 12.6 Å². The van der Waals surface area contributed by atoms with E-state index >= 15 is 0 Å². The van der Waals surface area contributed by atoms with Crippen LogP contribution in [0.5, 0.6) is 0 Å². The highest BCUT2D eigenvalue weighted by Crippen LogP contribution is 2.38. The Bertz CT molecular complexity index is 983. The number of hydrogen-bond acceptors (Lipinski definition) is 4. The summed E-state index contributed by atoms with van der Waals surface area (Å²) in [4.78, 5) is 11.4. The van der Waals surface area contributed by atoms with Crippen LogP contribution in [0, 0.1) is 6.92 Å². The lowest BCUT2D eigenvalue weighted by Crippen LogP contribution is -2.21. The van der Waals surface area contributed by atoms with Crippen molar-refractivity contribution >= 4 is 23.1 Å². The maximum Gasteiger partial charge on any atom is 0.421 e. The van der Waals surface area contributed by atoms with Gasteiger partial charge in [0.15, 0.2) is 5.82 Å². The minimum absolute atomic E-state index is 0.189. The van der Waals surface area contributed by atoms with Crippen molar-refractivity contribution in [1.29, 1.82) is 0 Å². The molecule has 0 amide bonds. The molecular formula is C23H25F3N4. The van der Waals surface area contributed by atoms with E-state index in [0.29, 0.717) is 5.69 Å². The van der Waals surface area contributed by atoms with Gasteiger partial charge in [-0.15, -0.1) is 0 Å². The van der Waals surface area contributed by atoms with Crippen LogP contribution in [0.25, 0.3) is 0 Å². The molecule has 2 aromatic carbocycles. The molecule has 0 unspecified atom stereocenters. The fraction of sp³-hybridized carbons (Fsp3) is 0.304. The standard InChI is InChI=1S/C23H25F3N4/c1-5-6-17-9-13-19(14-10-17)30(4)22-27-15-20(23(24,25)26)21(28-22)29(3)18-11-7-16(2)8-12-18/h7-15H,5-6H2,1-4H3. The van der Waals surface area contributed by atoms with E-state index in [1.165, 1.54) is 10.5 Å². The molecule has 0 atom stereocenters. The van der Waals surface area contributed by atoms with Crippen molar-refractivity contribution in [2.45, 2.75) is 32.9 Å². The molecule has 0 aliphatic carbocycles. The van der Waals surface area contributed by atoms with E-state index in [4.69, 9.17) is 0 Å². The molecular weight excluding hydrogens is 389 g/mol. The first-order valence-corrected chi connectivity index (χ1v) is 9.78. The Balaban J connectivity index is 2.00. The maximum absolute atomic E-state index is 13.6. The number of hydrogen-bond donors (Lipinski definition) is 0. The highest BCUT2D eigenvalue weighted by Gasteiger charge is 2.37. The minimum Gasteiger partial charge on any atom is -0.329 e. The molecule has 1 aromatic heterocycles. The van der Waals surface area contributed by atoms with Gasteiger partial charge in [-0.3, -0.25) is 0 Å². The summed E-state index contributed by atoms with van der Waals surface area (Å²) in [5, 5.41) is 0. The first-order valence-electron chi connectivity index (χ1n) is 9.78. The van der Waals surface area contributed by atoms with Gasteiger partial charge < -0.3 is 9.80 Å². The lowest BCUT2D eigenvalue weighted by Gasteiger charge is -2.25. The zero-order valence-corrected chi connectivity index (χ0v) is 17.5.